The molecule has 2 unspecified atom stereocenters. The first-order valence-corrected chi connectivity index (χ1v) is 7.51. The summed E-state index contributed by atoms with van der Waals surface area (Å²) < 4.78 is 31.8. The highest BCUT2D eigenvalue weighted by molar-refractivity contribution is 5.83. The van der Waals surface area contributed by atoms with Gasteiger partial charge >= 0.3 is 0 Å². The number of halogens is 2. The summed E-state index contributed by atoms with van der Waals surface area (Å²) in [4.78, 5) is 12.1. The van der Waals surface area contributed by atoms with Crippen LogP contribution in [0.25, 0.3) is 0 Å². The second-order valence-electron chi connectivity index (χ2n) is 6.17. The van der Waals surface area contributed by atoms with Crippen LogP contribution in [0.4, 0.5) is 8.78 Å². The molecule has 1 aliphatic carbocycles. The van der Waals surface area contributed by atoms with Gasteiger partial charge in [0.05, 0.1) is 5.60 Å². The van der Waals surface area contributed by atoms with Crippen LogP contribution in [-0.2, 0) is 9.53 Å². The Balaban J connectivity index is 1.54. The van der Waals surface area contributed by atoms with Gasteiger partial charge in [-0.15, -0.1) is 0 Å². The quantitative estimate of drug-likeness (QED) is 0.890. The minimum Gasteiger partial charge on any atom is -0.388 e. The summed E-state index contributed by atoms with van der Waals surface area (Å²) in [6.07, 6.45) is 1.54. The van der Waals surface area contributed by atoms with Crippen molar-refractivity contribution in [2.75, 3.05) is 19.8 Å². The third-order valence-electron chi connectivity index (χ3n) is 4.50. The number of ether oxygens (including phenoxy) is 1. The minimum absolute atomic E-state index is 0.185. The Morgan fingerprint density at radius 2 is 2.09 bits per heavy atom. The number of nitrogens with one attached hydrogen (secondary N) is 1. The summed E-state index contributed by atoms with van der Waals surface area (Å²) >= 11 is 0. The van der Waals surface area contributed by atoms with Gasteiger partial charge < -0.3 is 15.2 Å². The molecule has 1 heterocycles. The number of aliphatic hydroxyl groups is 1. The van der Waals surface area contributed by atoms with Crippen molar-refractivity contribution in [1.29, 1.82) is 0 Å². The Morgan fingerprint density at radius 3 is 2.77 bits per heavy atom. The lowest BCUT2D eigenvalue weighted by Gasteiger charge is -2.32. The fraction of sp³-hybridized carbons (Fsp3) is 0.562. The van der Waals surface area contributed by atoms with Gasteiger partial charge in [-0.1, -0.05) is 6.07 Å². The van der Waals surface area contributed by atoms with Crippen LogP contribution < -0.4 is 5.32 Å². The number of hydrogen-bond acceptors (Lipinski definition) is 3. The summed E-state index contributed by atoms with van der Waals surface area (Å²) in [6, 6.07) is 3.44. The second kappa shape index (κ2) is 5.93. The lowest BCUT2D eigenvalue weighted by molar-refractivity contribution is -0.125. The van der Waals surface area contributed by atoms with Crippen molar-refractivity contribution in [3.05, 3.63) is 35.4 Å². The normalized spacial score (nSPS) is 26.5. The fourth-order valence-corrected chi connectivity index (χ4v) is 2.94. The van der Waals surface area contributed by atoms with Gasteiger partial charge in [-0.05, 0) is 24.0 Å². The van der Waals surface area contributed by atoms with Crippen molar-refractivity contribution < 1.29 is 23.4 Å². The number of hydrogen-bond donors (Lipinski definition) is 2. The van der Waals surface area contributed by atoms with E-state index >= 15 is 0 Å². The Hall–Kier alpha value is -1.53. The molecule has 1 aliphatic heterocycles. The van der Waals surface area contributed by atoms with Crippen LogP contribution in [0.5, 0.6) is 0 Å². The van der Waals surface area contributed by atoms with E-state index in [9.17, 15) is 18.7 Å². The zero-order chi connectivity index (χ0) is 15.7. The summed E-state index contributed by atoms with van der Waals surface area (Å²) in [5, 5.41) is 13.0. The predicted octanol–water partition coefficient (Wildman–Crippen LogP) is 1.73. The first kappa shape index (κ1) is 15.4. The van der Waals surface area contributed by atoms with Gasteiger partial charge in [0.2, 0.25) is 5.91 Å². The van der Waals surface area contributed by atoms with Crippen LogP contribution in [0, 0.1) is 17.6 Å². The lowest BCUT2D eigenvalue weighted by atomic mass is 9.94. The maximum atomic E-state index is 13.7. The molecule has 22 heavy (non-hydrogen) atoms. The number of benzene rings is 1. The Bertz CT molecular complexity index is 573. The summed E-state index contributed by atoms with van der Waals surface area (Å²) in [5.41, 5.74) is -0.536. The van der Waals surface area contributed by atoms with Crippen molar-refractivity contribution in [2.24, 2.45) is 5.92 Å². The maximum absolute atomic E-state index is 13.7. The highest BCUT2D eigenvalue weighted by atomic mass is 19.1. The SMILES string of the molecule is O=C(NCC1(O)CCOCC1)C1CC1c1ccc(F)cc1F. The highest BCUT2D eigenvalue weighted by Crippen LogP contribution is 2.48. The predicted molar refractivity (Wildman–Crippen MR) is 75.2 cm³/mol. The monoisotopic (exact) mass is 311 g/mol. The molecule has 0 aromatic heterocycles. The van der Waals surface area contributed by atoms with Crippen molar-refractivity contribution in [1.82, 2.24) is 5.32 Å². The number of carbonyl (C=O) groups excluding carboxylic acids is 1. The largest absolute Gasteiger partial charge is 0.388 e. The molecule has 1 aromatic rings. The molecule has 1 amide bonds. The molecule has 1 aromatic carbocycles. The molecule has 3 rings (SSSR count). The van der Waals surface area contributed by atoms with Crippen molar-refractivity contribution >= 4 is 5.91 Å². The van der Waals surface area contributed by atoms with Crippen LogP contribution in [0.15, 0.2) is 18.2 Å². The first-order chi connectivity index (χ1) is 10.5. The third-order valence-corrected chi connectivity index (χ3v) is 4.50. The summed E-state index contributed by atoms with van der Waals surface area (Å²) in [6.45, 7) is 1.16. The molecule has 120 valence electrons. The van der Waals surface area contributed by atoms with Gasteiger partial charge in [0.25, 0.3) is 0 Å². The van der Waals surface area contributed by atoms with Crippen molar-refractivity contribution in [3.63, 3.8) is 0 Å². The van der Waals surface area contributed by atoms with Crippen LogP contribution in [-0.4, -0.2) is 36.4 Å². The Kier molecular flexibility index (Phi) is 4.14. The van der Waals surface area contributed by atoms with E-state index in [2.05, 4.69) is 5.32 Å². The van der Waals surface area contributed by atoms with Crippen molar-refractivity contribution in [3.8, 4) is 0 Å². The van der Waals surface area contributed by atoms with E-state index in [0.29, 0.717) is 38.0 Å². The number of rotatable bonds is 4. The Labute approximate surface area is 127 Å². The van der Waals surface area contributed by atoms with Crippen LogP contribution in [0.2, 0.25) is 0 Å². The van der Waals surface area contributed by atoms with Crippen molar-refractivity contribution in [2.45, 2.75) is 30.8 Å². The summed E-state index contributed by atoms with van der Waals surface area (Å²) in [5.74, 6) is -1.92. The molecule has 2 N–H and O–H groups in total. The maximum Gasteiger partial charge on any atom is 0.223 e. The standard InChI is InChI=1S/C16H19F2NO3/c17-10-1-2-11(14(18)7-10)12-8-13(12)15(20)19-9-16(21)3-5-22-6-4-16/h1-2,7,12-13,21H,3-6,8-9H2,(H,19,20). The van der Waals surface area contributed by atoms with E-state index in [-0.39, 0.29) is 24.3 Å². The van der Waals surface area contributed by atoms with E-state index in [1.807, 2.05) is 0 Å². The zero-order valence-electron chi connectivity index (χ0n) is 12.1. The second-order valence-corrected chi connectivity index (χ2v) is 6.17. The van der Waals surface area contributed by atoms with Gasteiger partial charge in [-0.25, -0.2) is 8.78 Å². The molecule has 2 aliphatic rings. The third kappa shape index (κ3) is 3.28. The molecular weight excluding hydrogens is 292 g/mol. The molecule has 6 heteroatoms. The molecule has 4 nitrogen and oxygen atoms in total. The molecule has 2 atom stereocenters. The van der Waals surface area contributed by atoms with Crippen LogP contribution in [0.1, 0.15) is 30.7 Å². The number of carbonyl (C=O) groups is 1. The number of amides is 1. The highest BCUT2D eigenvalue weighted by Gasteiger charge is 2.45. The average Bonchev–Trinajstić information content (AvgIpc) is 3.26. The van der Waals surface area contributed by atoms with Gasteiger partial charge in [-0.3, -0.25) is 4.79 Å². The molecule has 2 fully saturated rings. The van der Waals surface area contributed by atoms with E-state index in [0.717, 1.165) is 6.07 Å². The molecule has 0 radical (unpaired) electrons. The minimum atomic E-state index is -0.917. The topological polar surface area (TPSA) is 58.6 Å². The molecule has 1 saturated heterocycles. The van der Waals surface area contributed by atoms with E-state index in [1.165, 1.54) is 12.1 Å². The zero-order valence-corrected chi connectivity index (χ0v) is 12.1. The molecule has 0 bridgehead atoms. The lowest BCUT2D eigenvalue weighted by Crippen LogP contribution is -2.47. The Morgan fingerprint density at radius 1 is 1.36 bits per heavy atom. The van der Waals surface area contributed by atoms with E-state index in [4.69, 9.17) is 4.74 Å². The van der Waals surface area contributed by atoms with Crippen LogP contribution >= 0.6 is 0 Å². The smallest absolute Gasteiger partial charge is 0.223 e. The molecular formula is C16H19F2NO3. The fourth-order valence-electron chi connectivity index (χ4n) is 2.94. The first-order valence-electron chi connectivity index (χ1n) is 7.51. The van der Waals surface area contributed by atoms with E-state index < -0.39 is 17.2 Å². The summed E-state index contributed by atoms with van der Waals surface area (Å²) in [7, 11) is 0. The van der Waals surface area contributed by atoms with E-state index in [1.54, 1.807) is 0 Å². The van der Waals surface area contributed by atoms with Crippen LogP contribution in [0.3, 0.4) is 0 Å². The molecule has 0 spiro atoms. The van der Waals surface area contributed by atoms with Gasteiger partial charge in [0.15, 0.2) is 0 Å². The van der Waals surface area contributed by atoms with Gasteiger partial charge in [-0.2, -0.15) is 0 Å². The average molecular weight is 311 g/mol. The van der Waals surface area contributed by atoms with Gasteiger partial charge in [0.1, 0.15) is 11.6 Å². The molecule has 1 saturated carbocycles. The van der Waals surface area contributed by atoms with Gasteiger partial charge in [0, 0.05) is 44.6 Å².